The standard InChI is InChI=1S/C13H9BrN2O5/c1-21-13(18)8-2-4-10(5-3-8)15-7-9(14)6-11(12(15)17)16(19)20/h2-7H,1H3. The summed E-state index contributed by atoms with van der Waals surface area (Å²) in [5.41, 5.74) is -0.578. The number of benzene rings is 1. The Morgan fingerprint density at radius 1 is 1.33 bits per heavy atom. The van der Waals surface area contributed by atoms with Gasteiger partial charge in [0.25, 0.3) is 0 Å². The molecule has 0 amide bonds. The minimum Gasteiger partial charge on any atom is -0.465 e. The number of ether oxygens (including phenoxy) is 1. The number of hydrogen-bond donors (Lipinski definition) is 0. The SMILES string of the molecule is COC(=O)c1ccc(-n2cc(Br)cc([N+](=O)[O-])c2=O)cc1. The lowest BCUT2D eigenvalue weighted by Gasteiger charge is -2.07. The molecule has 8 heteroatoms. The molecule has 7 nitrogen and oxygen atoms in total. The first-order valence-corrected chi connectivity index (χ1v) is 6.48. The quantitative estimate of drug-likeness (QED) is 0.480. The van der Waals surface area contributed by atoms with Crippen molar-refractivity contribution in [2.75, 3.05) is 7.11 Å². The van der Waals surface area contributed by atoms with E-state index >= 15 is 0 Å². The van der Waals surface area contributed by atoms with Gasteiger partial charge in [-0.05, 0) is 40.2 Å². The molecule has 0 saturated heterocycles. The second-order valence-electron chi connectivity index (χ2n) is 4.01. The van der Waals surface area contributed by atoms with E-state index in [9.17, 15) is 19.7 Å². The van der Waals surface area contributed by atoms with Crippen molar-refractivity contribution in [2.24, 2.45) is 0 Å². The highest BCUT2D eigenvalue weighted by Gasteiger charge is 2.17. The van der Waals surface area contributed by atoms with Crippen LogP contribution in [0.25, 0.3) is 5.69 Å². The van der Waals surface area contributed by atoms with E-state index in [2.05, 4.69) is 20.7 Å². The molecule has 0 radical (unpaired) electrons. The van der Waals surface area contributed by atoms with E-state index in [0.29, 0.717) is 15.7 Å². The topological polar surface area (TPSA) is 91.4 Å². The zero-order valence-electron chi connectivity index (χ0n) is 10.8. The van der Waals surface area contributed by atoms with E-state index in [1.807, 2.05) is 0 Å². The molecule has 0 aliphatic heterocycles. The summed E-state index contributed by atoms with van der Waals surface area (Å²) in [5.74, 6) is -0.505. The molecule has 2 rings (SSSR count). The highest BCUT2D eigenvalue weighted by molar-refractivity contribution is 9.10. The van der Waals surface area contributed by atoms with Crippen LogP contribution in [0.4, 0.5) is 5.69 Å². The number of carbonyl (C=O) groups excluding carboxylic acids is 1. The average molecular weight is 353 g/mol. The number of rotatable bonds is 3. The van der Waals surface area contributed by atoms with Crippen molar-refractivity contribution < 1.29 is 14.5 Å². The largest absolute Gasteiger partial charge is 0.465 e. The summed E-state index contributed by atoms with van der Waals surface area (Å²) >= 11 is 3.12. The number of esters is 1. The summed E-state index contributed by atoms with van der Waals surface area (Å²) in [4.78, 5) is 33.5. The lowest BCUT2D eigenvalue weighted by molar-refractivity contribution is -0.386. The van der Waals surface area contributed by atoms with Gasteiger partial charge in [0.1, 0.15) is 0 Å². The van der Waals surface area contributed by atoms with Crippen molar-refractivity contribution in [2.45, 2.75) is 0 Å². The zero-order valence-corrected chi connectivity index (χ0v) is 12.4. The number of halogens is 1. The van der Waals surface area contributed by atoms with Crippen molar-refractivity contribution >= 4 is 27.6 Å². The van der Waals surface area contributed by atoms with Crippen LogP contribution in [-0.2, 0) is 4.74 Å². The van der Waals surface area contributed by atoms with Crippen molar-refractivity contribution in [3.8, 4) is 5.69 Å². The molecule has 0 N–H and O–H groups in total. The zero-order chi connectivity index (χ0) is 15.6. The molecule has 1 heterocycles. The van der Waals surface area contributed by atoms with Gasteiger partial charge < -0.3 is 4.74 Å². The van der Waals surface area contributed by atoms with E-state index in [4.69, 9.17) is 0 Å². The van der Waals surface area contributed by atoms with E-state index in [1.54, 1.807) is 0 Å². The van der Waals surface area contributed by atoms with Crippen molar-refractivity contribution in [1.29, 1.82) is 0 Å². The van der Waals surface area contributed by atoms with Gasteiger partial charge in [0.05, 0.1) is 17.6 Å². The van der Waals surface area contributed by atoms with E-state index in [0.717, 1.165) is 10.6 Å². The molecule has 0 spiro atoms. The van der Waals surface area contributed by atoms with Gasteiger partial charge in [-0.2, -0.15) is 0 Å². The van der Waals surface area contributed by atoms with E-state index < -0.39 is 22.1 Å². The molecule has 108 valence electrons. The summed E-state index contributed by atoms with van der Waals surface area (Å²) in [5, 5.41) is 10.9. The van der Waals surface area contributed by atoms with Crippen LogP contribution in [-0.4, -0.2) is 22.6 Å². The van der Waals surface area contributed by atoms with Crippen LogP contribution < -0.4 is 5.56 Å². The number of nitro groups is 1. The molecule has 21 heavy (non-hydrogen) atoms. The Balaban J connectivity index is 2.54. The Kier molecular flexibility index (Phi) is 4.18. The second-order valence-corrected chi connectivity index (χ2v) is 4.93. The van der Waals surface area contributed by atoms with Gasteiger partial charge in [-0.15, -0.1) is 0 Å². The molecular formula is C13H9BrN2O5. The normalized spacial score (nSPS) is 10.2. The van der Waals surface area contributed by atoms with E-state index in [-0.39, 0.29) is 0 Å². The Labute approximate surface area is 127 Å². The Bertz CT molecular complexity index is 767. The predicted molar refractivity (Wildman–Crippen MR) is 77.7 cm³/mol. The average Bonchev–Trinajstić information content (AvgIpc) is 2.48. The van der Waals surface area contributed by atoms with Gasteiger partial charge in [-0.25, -0.2) is 4.79 Å². The Hall–Kier alpha value is -2.48. The third-order valence-corrected chi connectivity index (χ3v) is 3.16. The van der Waals surface area contributed by atoms with Gasteiger partial charge in [0.15, 0.2) is 0 Å². The molecule has 0 bridgehead atoms. The minimum atomic E-state index is -0.756. The highest BCUT2D eigenvalue weighted by atomic mass is 79.9. The molecule has 0 aliphatic rings. The van der Waals surface area contributed by atoms with Crippen LogP contribution in [0.5, 0.6) is 0 Å². The summed E-state index contributed by atoms with van der Waals surface area (Å²) in [6.07, 6.45) is 1.42. The molecule has 0 fully saturated rings. The van der Waals surface area contributed by atoms with Crippen LogP contribution in [0.15, 0.2) is 45.8 Å². The van der Waals surface area contributed by atoms with Gasteiger partial charge in [-0.3, -0.25) is 19.5 Å². The fourth-order valence-electron chi connectivity index (χ4n) is 1.73. The number of aromatic nitrogens is 1. The Morgan fingerprint density at radius 2 is 1.95 bits per heavy atom. The lowest BCUT2D eigenvalue weighted by Crippen LogP contribution is -2.20. The van der Waals surface area contributed by atoms with Crippen molar-refractivity contribution in [3.05, 3.63) is 67.0 Å². The first-order chi connectivity index (χ1) is 9.93. The van der Waals surface area contributed by atoms with Crippen molar-refractivity contribution in [3.63, 3.8) is 0 Å². The third kappa shape index (κ3) is 3.00. The molecule has 2 aromatic rings. The number of hydrogen-bond acceptors (Lipinski definition) is 5. The summed E-state index contributed by atoms with van der Waals surface area (Å²) < 4.78 is 6.09. The number of nitrogens with zero attached hydrogens (tertiary/aromatic N) is 2. The van der Waals surface area contributed by atoms with Crippen LogP contribution in [0.3, 0.4) is 0 Å². The van der Waals surface area contributed by atoms with Crippen LogP contribution in [0, 0.1) is 10.1 Å². The van der Waals surface area contributed by atoms with Crippen LogP contribution in [0.2, 0.25) is 0 Å². The number of pyridine rings is 1. The molecule has 0 aliphatic carbocycles. The van der Waals surface area contributed by atoms with Gasteiger partial charge >= 0.3 is 17.2 Å². The molecule has 1 aromatic heterocycles. The van der Waals surface area contributed by atoms with Gasteiger partial charge in [-0.1, -0.05) is 0 Å². The fraction of sp³-hybridized carbons (Fsp3) is 0.0769. The first-order valence-electron chi connectivity index (χ1n) is 5.69. The smallest absolute Gasteiger partial charge is 0.337 e. The van der Waals surface area contributed by atoms with E-state index in [1.165, 1.54) is 37.6 Å². The van der Waals surface area contributed by atoms with Crippen molar-refractivity contribution in [1.82, 2.24) is 4.57 Å². The summed E-state index contributed by atoms with van der Waals surface area (Å²) in [6.45, 7) is 0. The second kappa shape index (κ2) is 5.88. The lowest BCUT2D eigenvalue weighted by atomic mass is 10.2. The highest BCUT2D eigenvalue weighted by Crippen LogP contribution is 2.17. The molecule has 0 saturated carbocycles. The summed E-state index contributed by atoms with van der Waals surface area (Å²) in [6, 6.07) is 7.09. The number of carbonyl (C=O) groups is 1. The predicted octanol–water partition coefficient (Wildman–Crippen LogP) is 2.29. The maximum atomic E-state index is 12.0. The fourth-order valence-corrected chi connectivity index (χ4v) is 2.16. The molecule has 0 unspecified atom stereocenters. The first kappa shape index (κ1) is 14.9. The summed E-state index contributed by atoms with van der Waals surface area (Å²) in [7, 11) is 1.26. The minimum absolute atomic E-state index is 0.318. The number of methoxy groups -OCH3 is 1. The molecule has 0 atom stereocenters. The van der Waals surface area contributed by atoms with Crippen LogP contribution >= 0.6 is 15.9 Å². The molecular weight excluding hydrogens is 344 g/mol. The van der Waals surface area contributed by atoms with Crippen LogP contribution in [0.1, 0.15) is 10.4 Å². The molecule has 1 aromatic carbocycles. The maximum absolute atomic E-state index is 12.0. The monoisotopic (exact) mass is 352 g/mol. The third-order valence-electron chi connectivity index (χ3n) is 2.73. The maximum Gasteiger partial charge on any atom is 0.337 e. The van der Waals surface area contributed by atoms with Gasteiger partial charge in [0, 0.05) is 22.4 Å². The Morgan fingerprint density at radius 3 is 2.48 bits per heavy atom. The van der Waals surface area contributed by atoms with Gasteiger partial charge in [0.2, 0.25) is 0 Å².